The van der Waals surface area contributed by atoms with Crippen LogP contribution in [-0.2, 0) is 17.8 Å². The van der Waals surface area contributed by atoms with Crippen molar-refractivity contribution < 1.29 is 14.6 Å². The Balaban J connectivity index is 1.90. The van der Waals surface area contributed by atoms with Gasteiger partial charge in [-0.2, -0.15) is 0 Å². The molecular weight excluding hydrogens is 336 g/mol. The zero-order valence-corrected chi connectivity index (χ0v) is 14.2. The van der Waals surface area contributed by atoms with E-state index in [9.17, 15) is 9.90 Å². The third-order valence-electron chi connectivity index (χ3n) is 3.82. The number of hydrogen-bond acceptors (Lipinski definition) is 2. The second-order valence-electron chi connectivity index (χ2n) is 5.65. The van der Waals surface area contributed by atoms with Gasteiger partial charge in [-0.25, -0.2) is 0 Å². The second-order valence-corrected chi connectivity index (χ2v) is 6.05. The molecule has 0 spiro atoms. The molecular formula is C21H17ClO3. The molecule has 0 bridgehead atoms. The van der Waals surface area contributed by atoms with Gasteiger partial charge in [-0.05, 0) is 29.3 Å². The lowest BCUT2D eigenvalue weighted by Gasteiger charge is -2.13. The van der Waals surface area contributed by atoms with Crippen molar-refractivity contribution in [2.24, 2.45) is 0 Å². The molecule has 4 heteroatoms. The monoisotopic (exact) mass is 352 g/mol. The first-order valence-electron chi connectivity index (χ1n) is 7.90. The number of hydrogen-bond donors (Lipinski definition) is 1. The largest absolute Gasteiger partial charge is 0.489 e. The molecule has 3 rings (SSSR count). The van der Waals surface area contributed by atoms with E-state index >= 15 is 0 Å². The van der Waals surface area contributed by atoms with Gasteiger partial charge in [0.2, 0.25) is 0 Å². The molecule has 0 atom stereocenters. The molecule has 0 aromatic heterocycles. The molecule has 0 unspecified atom stereocenters. The summed E-state index contributed by atoms with van der Waals surface area (Å²) in [6.45, 7) is 0.388. The van der Waals surface area contributed by atoms with E-state index in [-0.39, 0.29) is 6.42 Å². The number of carbonyl (C=O) groups is 1. The van der Waals surface area contributed by atoms with Crippen LogP contribution >= 0.6 is 11.6 Å². The van der Waals surface area contributed by atoms with Gasteiger partial charge >= 0.3 is 5.97 Å². The van der Waals surface area contributed by atoms with Gasteiger partial charge in [-0.15, -0.1) is 0 Å². The number of halogens is 1. The minimum Gasteiger partial charge on any atom is -0.489 e. The van der Waals surface area contributed by atoms with Gasteiger partial charge in [0.1, 0.15) is 12.4 Å². The average Bonchev–Trinajstić information content (AvgIpc) is 2.61. The highest BCUT2D eigenvalue weighted by atomic mass is 35.5. The predicted octanol–water partition coefficient (Wildman–Crippen LogP) is 5.21. The quantitative estimate of drug-likeness (QED) is 0.662. The summed E-state index contributed by atoms with van der Waals surface area (Å²) in [5.74, 6) is -0.331. The highest BCUT2D eigenvalue weighted by molar-refractivity contribution is 6.33. The molecule has 3 aromatic carbocycles. The average molecular weight is 353 g/mol. The van der Waals surface area contributed by atoms with Crippen LogP contribution in [0.1, 0.15) is 11.1 Å². The maximum atomic E-state index is 11.2. The van der Waals surface area contributed by atoms with Crippen LogP contribution in [0.15, 0.2) is 72.8 Å². The summed E-state index contributed by atoms with van der Waals surface area (Å²) in [6.07, 6.45) is -0.109. The molecule has 0 saturated heterocycles. The Morgan fingerprint density at radius 3 is 2.40 bits per heavy atom. The Labute approximate surface area is 151 Å². The van der Waals surface area contributed by atoms with Crippen molar-refractivity contribution in [2.75, 3.05) is 0 Å². The zero-order valence-electron chi connectivity index (χ0n) is 13.5. The lowest BCUT2D eigenvalue weighted by molar-refractivity contribution is -0.136. The van der Waals surface area contributed by atoms with Gasteiger partial charge < -0.3 is 9.84 Å². The van der Waals surface area contributed by atoms with Crippen molar-refractivity contribution in [3.8, 4) is 16.9 Å². The van der Waals surface area contributed by atoms with Gasteiger partial charge in [-0.1, -0.05) is 66.2 Å². The lowest BCUT2D eigenvalue weighted by Crippen LogP contribution is -2.04. The first-order valence-corrected chi connectivity index (χ1v) is 8.27. The van der Waals surface area contributed by atoms with E-state index in [0.29, 0.717) is 22.9 Å². The Bertz CT molecular complexity index is 875. The highest BCUT2D eigenvalue weighted by Crippen LogP contribution is 2.32. The van der Waals surface area contributed by atoms with E-state index in [1.165, 1.54) is 0 Å². The number of rotatable bonds is 6. The lowest BCUT2D eigenvalue weighted by atomic mass is 10.0. The SMILES string of the molecule is O=C(O)Cc1cc(-c2ccccc2Cl)ccc1OCc1ccccc1. The van der Waals surface area contributed by atoms with Crippen LogP contribution in [0.5, 0.6) is 5.75 Å². The maximum Gasteiger partial charge on any atom is 0.307 e. The van der Waals surface area contributed by atoms with Crippen LogP contribution in [0.2, 0.25) is 5.02 Å². The Morgan fingerprint density at radius 1 is 0.960 bits per heavy atom. The molecule has 0 heterocycles. The minimum atomic E-state index is -0.902. The Kier molecular flexibility index (Phi) is 5.36. The Morgan fingerprint density at radius 2 is 1.68 bits per heavy atom. The van der Waals surface area contributed by atoms with Crippen molar-refractivity contribution in [1.29, 1.82) is 0 Å². The standard InChI is InChI=1S/C21H17ClO3/c22-19-9-5-4-8-18(19)16-10-11-20(17(12-16)13-21(23)24)25-14-15-6-2-1-3-7-15/h1-12H,13-14H2,(H,23,24). The van der Waals surface area contributed by atoms with Crippen LogP contribution in [-0.4, -0.2) is 11.1 Å². The summed E-state index contributed by atoms with van der Waals surface area (Å²) in [6, 6.07) is 22.8. The first kappa shape index (κ1) is 17.1. The third-order valence-corrected chi connectivity index (χ3v) is 4.15. The van der Waals surface area contributed by atoms with Crippen molar-refractivity contribution >= 4 is 17.6 Å². The van der Waals surface area contributed by atoms with Gasteiger partial charge in [0.05, 0.1) is 6.42 Å². The van der Waals surface area contributed by atoms with E-state index in [4.69, 9.17) is 16.3 Å². The van der Waals surface area contributed by atoms with Crippen LogP contribution in [0.4, 0.5) is 0 Å². The molecule has 3 nitrogen and oxygen atoms in total. The summed E-state index contributed by atoms with van der Waals surface area (Å²) < 4.78 is 5.85. The number of ether oxygens (including phenoxy) is 1. The van der Waals surface area contributed by atoms with Crippen LogP contribution in [0, 0.1) is 0 Å². The van der Waals surface area contributed by atoms with E-state index < -0.39 is 5.97 Å². The van der Waals surface area contributed by atoms with Gasteiger partial charge in [-0.3, -0.25) is 4.79 Å². The fraction of sp³-hybridized carbons (Fsp3) is 0.0952. The van der Waals surface area contributed by atoms with Crippen LogP contribution < -0.4 is 4.74 Å². The predicted molar refractivity (Wildman–Crippen MR) is 99.0 cm³/mol. The van der Waals surface area contributed by atoms with E-state index in [1.54, 1.807) is 6.07 Å². The minimum absolute atomic E-state index is 0.109. The van der Waals surface area contributed by atoms with Gasteiger partial charge in [0.15, 0.2) is 0 Å². The summed E-state index contributed by atoms with van der Waals surface area (Å²) >= 11 is 6.25. The smallest absolute Gasteiger partial charge is 0.307 e. The maximum absolute atomic E-state index is 11.2. The molecule has 3 aromatic rings. The van der Waals surface area contributed by atoms with E-state index in [2.05, 4.69) is 0 Å². The normalized spacial score (nSPS) is 10.4. The van der Waals surface area contributed by atoms with Crippen molar-refractivity contribution in [1.82, 2.24) is 0 Å². The van der Waals surface area contributed by atoms with E-state index in [1.807, 2.05) is 66.7 Å². The Hall–Kier alpha value is -2.78. The number of benzene rings is 3. The molecule has 0 radical (unpaired) electrons. The summed E-state index contributed by atoms with van der Waals surface area (Å²) in [5.41, 5.74) is 3.39. The first-order chi connectivity index (χ1) is 12.1. The molecule has 0 aliphatic rings. The highest BCUT2D eigenvalue weighted by Gasteiger charge is 2.12. The van der Waals surface area contributed by atoms with Gasteiger partial charge in [0.25, 0.3) is 0 Å². The third kappa shape index (κ3) is 4.40. The summed E-state index contributed by atoms with van der Waals surface area (Å²) in [7, 11) is 0. The second kappa shape index (κ2) is 7.86. The molecule has 25 heavy (non-hydrogen) atoms. The summed E-state index contributed by atoms with van der Waals surface area (Å²) in [5, 5.41) is 9.84. The van der Waals surface area contributed by atoms with E-state index in [0.717, 1.165) is 16.7 Å². The molecule has 0 aliphatic carbocycles. The molecule has 0 amide bonds. The zero-order chi connectivity index (χ0) is 17.6. The molecule has 0 aliphatic heterocycles. The molecule has 0 fully saturated rings. The topological polar surface area (TPSA) is 46.5 Å². The fourth-order valence-corrected chi connectivity index (χ4v) is 2.86. The van der Waals surface area contributed by atoms with Gasteiger partial charge in [0, 0.05) is 16.1 Å². The summed E-state index contributed by atoms with van der Waals surface area (Å²) in [4.78, 5) is 11.2. The molecule has 1 N–H and O–H groups in total. The molecule has 0 saturated carbocycles. The van der Waals surface area contributed by atoms with Crippen LogP contribution in [0.25, 0.3) is 11.1 Å². The fourth-order valence-electron chi connectivity index (χ4n) is 2.62. The van der Waals surface area contributed by atoms with Crippen molar-refractivity contribution in [2.45, 2.75) is 13.0 Å². The van der Waals surface area contributed by atoms with Crippen molar-refractivity contribution in [3.05, 3.63) is 88.9 Å². The number of carboxylic acid groups (broad SMARTS) is 1. The van der Waals surface area contributed by atoms with Crippen molar-refractivity contribution in [3.63, 3.8) is 0 Å². The molecule has 126 valence electrons. The number of aliphatic carboxylic acids is 1. The van der Waals surface area contributed by atoms with Crippen LogP contribution in [0.3, 0.4) is 0 Å². The number of carboxylic acids is 1.